The first kappa shape index (κ1) is 21.3. The van der Waals surface area contributed by atoms with Crippen molar-refractivity contribution in [3.63, 3.8) is 0 Å². The molecular weight excluding hydrogens is 407 g/mol. The molecule has 4 bridgehead atoms. The molecule has 2 unspecified atom stereocenters. The third kappa shape index (κ3) is 3.54. The number of hydrogen-bond donors (Lipinski definition) is 1. The van der Waals surface area contributed by atoms with Crippen LogP contribution < -0.4 is 0 Å². The fraction of sp³-hybridized carbons (Fsp3) is 0.500. The van der Waals surface area contributed by atoms with Gasteiger partial charge in [0, 0.05) is 29.4 Å². The van der Waals surface area contributed by atoms with Crippen LogP contribution in [0.1, 0.15) is 72.4 Å². The minimum atomic E-state index is -0.660. The molecule has 4 saturated carbocycles. The van der Waals surface area contributed by atoms with Crippen molar-refractivity contribution in [3.8, 4) is 0 Å². The van der Waals surface area contributed by atoms with Gasteiger partial charge < -0.3 is 10.0 Å². The summed E-state index contributed by atoms with van der Waals surface area (Å²) in [4.78, 5) is 32.1. The second-order valence-electron chi connectivity index (χ2n) is 10.2. The van der Waals surface area contributed by atoms with Gasteiger partial charge in [0.05, 0.1) is 5.60 Å². The second-order valence-corrected chi connectivity index (χ2v) is 10.2. The van der Waals surface area contributed by atoms with Gasteiger partial charge in [-0.05, 0) is 88.0 Å². The molecule has 0 radical (unpaired) electrons. The maximum absolute atomic E-state index is 13.9. The van der Waals surface area contributed by atoms with Crippen molar-refractivity contribution in [3.05, 3.63) is 65.2 Å². The number of hydrogen-bond acceptors (Lipinski definition) is 4. The van der Waals surface area contributed by atoms with E-state index in [1.165, 1.54) is 18.3 Å². The fourth-order valence-corrected chi connectivity index (χ4v) is 6.73. The van der Waals surface area contributed by atoms with Gasteiger partial charge in [0.15, 0.2) is 5.82 Å². The highest BCUT2D eigenvalue weighted by molar-refractivity contribution is 6.08. The van der Waals surface area contributed by atoms with E-state index in [2.05, 4.69) is 4.98 Å². The molecule has 1 N–H and O–H groups in total. The summed E-state index contributed by atoms with van der Waals surface area (Å²) < 4.78 is 13.9. The maximum Gasteiger partial charge on any atom is 0.254 e. The number of aromatic nitrogens is 1. The number of carbonyl (C=O) groups is 2. The zero-order valence-electron chi connectivity index (χ0n) is 18.5. The van der Waals surface area contributed by atoms with Crippen molar-refractivity contribution in [2.24, 2.45) is 17.8 Å². The number of rotatable bonds is 5. The van der Waals surface area contributed by atoms with Gasteiger partial charge in [-0.2, -0.15) is 0 Å². The molecule has 6 heteroatoms. The maximum atomic E-state index is 13.9. The quantitative estimate of drug-likeness (QED) is 0.712. The molecule has 5 nitrogen and oxygen atoms in total. The van der Waals surface area contributed by atoms with Gasteiger partial charge in [0.2, 0.25) is 5.78 Å². The van der Waals surface area contributed by atoms with Crippen LogP contribution in [0.15, 0.2) is 42.6 Å². The van der Waals surface area contributed by atoms with Crippen LogP contribution in [-0.2, 0) is 0 Å². The number of aliphatic hydroxyl groups is 1. The molecular formula is C26H29FN2O3. The molecule has 4 aliphatic carbocycles. The molecule has 4 aliphatic rings. The summed E-state index contributed by atoms with van der Waals surface area (Å²) in [6.07, 6.45) is 6.03. The zero-order valence-corrected chi connectivity index (χ0v) is 18.5. The van der Waals surface area contributed by atoms with Crippen molar-refractivity contribution in [2.45, 2.75) is 63.6 Å². The van der Waals surface area contributed by atoms with Crippen LogP contribution in [-0.4, -0.2) is 44.4 Å². The van der Waals surface area contributed by atoms with Crippen LogP contribution in [0.3, 0.4) is 0 Å². The molecule has 6 rings (SSSR count). The van der Waals surface area contributed by atoms with Crippen molar-refractivity contribution in [1.29, 1.82) is 0 Å². The van der Waals surface area contributed by atoms with E-state index >= 15 is 0 Å². The molecule has 1 aromatic heterocycles. The molecule has 0 spiro atoms. The lowest BCUT2D eigenvalue weighted by molar-refractivity contribution is -0.157. The minimum absolute atomic E-state index is 0.0311. The third-order valence-corrected chi connectivity index (χ3v) is 7.67. The first-order valence-corrected chi connectivity index (χ1v) is 11.6. The Morgan fingerprint density at radius 1 is 1.06 bits per heavy atom. The van der Waals surface area contributed by atoms with Crippen LogP contribution in [0.25, 0.3) is 0 Å². The number of halogens is 1. The van der Waals surface area contributed by atoms with Gasteiger partial charge in [-0.3, -0.25) is 9.59 Å². The number of amides is 1. The van der Waals surface area contributed by atoms with E-state index in [4.69, 9.17) is 0 Å². The minimum Gasteiger partial charge on any atom is -0.390 e. The summed E-state index contributed by atoms with van der Waals surface area (Å²) in [6.45, 7) is 4.08. The summed E-state index contributed by atoms with van der Waals surface area (Å²) in [5, 5.41) is 10.9. The van der Waals surface area contributed by atoms with Crippen LogP contribution in [0.5, 0.6) is 0 Å². The van der Waals surface area contributed by atoms with E-state index in [-0.39, 0.29) is 23.7 Å². The number of nitrogens with zero attached hydrogens (tertiary/aromatic N) is 2. The molecule has 168 valence electrons. The lowest BCUT2D eigenvalue weighted by Gasteiger charge is -2.60. The van der Waals surface area contributed by atoms with E-state index < -0.39 is 17.2 Å². The molecule has 1 aromatic carbocycles. The van der Waals surface area contributed by atoms with E-state index in [0.29, 0.717) is 28.9 Å². The summed E-state index contributed by atoms with van der Waals surface area (Å²) >= 11 is 0. The first-order chi connectivity index (χ1) is 15.3. The molecule has 2 atom stereocenters. The highest BCUT2D eigenvalue weighted by atomic mass is 19.1. The summed E-state index contributed by atoms with van der Waals surface area (Å²) in [5.74, 6) is 0.0445. The Balaban J connectivity index is 1.39. The molecule has 4 fully saturated rings. The smallest absolute Gasteiger partial charge is 0.254 e. The SMILES string of the molecule is CC(C)N(C(=O)c1ccc(C(=O)c2ncccc2F)cc1)C1C2CC3CC1CC(O)(C3)C2. The average Bonchev–Trinajstić information content (AvgIpc) is 2.74. The van der Waals surface area contributed by atoms with E-state index in [0.717, 1.165) is 32.1 Å². The number of pyridine rings is 1. The fourth-order valence-electron chi connectivity index (χ4n) is 6.73. The molecule has 32 heavy (non-hydrogen) atoms. The van der Waals surface area contributed by atoms with Crippen LogP contribution in [0.4, 0.5) is 4.39 Å². The summed E-state index contributed by atoms with van der Waals surface area (Å²) in [6, 6.07) is 9.26. The Labute approximate surface area is 187 Å². The van der Waals surface area contributed by atoms with Gasteiger partial charge in [-0.15, -0.1) is 0 Å². The highest BCUT2D eigenvalue weighted by Crippen LogP contribution is 2.57. The summed E-state index contributed by atoms with van der Waals surface area (Å²) in [7, 11) is 0. The van der Waals surface area contributed by atoms with Gasteiger partial charge >= 0.3 is 0 Å². The Hall–Kier alpha value is -2.60. The predicted octanol–water partition coefficient (Wildman–Crippen LogP) is 4.24. The third-order valence-electron chi connectivity index (χ3n) is 7.67. The van der Waals surface area contributed by atoms with E-state index in [9.17, 15) is 19.1 Å². The Bertz CT molecular complexity index is 1040. The van der Waals surface area contributed by atoms with E-state index in [1.54, 1.807) is 24.3 Å². The normalized spacial score (nSPS) is 30.5. The van der Waals surface area contributed by atoms with Gasteiger partial charge in [0.25, 0.3) is 5.91 Å². The highest BCUT2D eigenvalue weighted by Gasteiger charge is 2.57. The van der Waals surface area contributed by atoms with Gasteiger partial charge in [-0.25, -0.2) is 9.37 Å². The average molecular weight is 437 g/mol. The van der Waals surface area contributed by atoms with Crippen molar-refractivity contribution >= 4 is 11.7 Å². The van der Waals surface area contributed by atoms with Crippen LogP contribution >= 0.6 is 0 Å². The standard InChI is InChI=1S/C26H29FN2O3/c1-15(2)29(23-19-10-16-11-20(23)14-26(32,12-16)13-19)25(31)18-7-5-17(6-8-18)24(30)22-21(27)4-3-9-28-22/h3-9,15-16,19-20,23,32H,10-14H2,1-2H3. The number of benzene rings is 1. The van der Waals surface area contributed by atoms with Crippen molar-refractivity contribution in [2.75, 3.05) is 0 Å². The second kappa shape index (κ2) is 7.77. The lowest BCUT2D eigenvalue weighted by Crippen LogP contribution is -2.63. The van der Waals surface area contributed by atoms with Gasteiger partial charge in [0.1, 0.15) is 5.69 Å². The molecule has 1 heterocycles. The molecule has 0 aliphatic heterocycles. The molecule has 2 aromatic rings. The topological polar surface area (TPSA) is 70.5 Å². The van der Waals surface area contributed by atoms with Crippen molar-refractivity contribution < 1.29 is 19.1 Å². The van der Waals surface area contributed by atoms with Crippen LogP contribution in [0.2, 0.25) is 0 Å². The summed E-state index contributed by atoms with van der Waals surface area (Å²) in [5.41, 5.74) is 0.0554. The monoisotopic (exact) mass is 436 g/mol. The van der Waals surface area contributed by atoms with Gasteiger partial charge in [-0.1, -0.05) is 12.1 Å². The van der Waals surface area contributed by atoms with E-state index in [1.807, 2.05) is 18.7 Å². The first-order valence-electron chi connectivity index (χ1n) is 11.6. The van der Waals surface area contributed by atoms with Crippen molar-refractivity contribution in [1.82, 2.24) is 9.88 Å². The predicted molar refractivity (Wildman–Crippen MR) is 118 cm³/mol. The van der Waals surface area contributed by atoms with Crippen LogP contribution in [0, 0.1) is 23.6 Å². The zero-order chi connectivity index (χ0) is 22.6. The Morgan fingerprint density at radius 3 is 2.25 bits per heavy atom. The molecule has 1 amide bonds. The Kier molecular flexibility index (Phi) is 5.16. The number of ketones is 1. The molecule has 0 saturated heterocycles. The Morgan fingerprint density at radius 2 is 1.69 bits per heavy atom. The number of carbonyl (C=O) groups excluding carboxylic acids is 2. The largest absolute Gasteiger partial charge is 0.390 e. The lowest BCUT2D eigenvalue weighted by atomic mass is 9.52.